The summed E-state index contributed by atoms with van der Waals surface area (Å²) in [6, 6.07) is 6.22. The molecule has 0 atom stereocenters. The second-order valence-corrected chi connectivity index (χ2v) is 5.70. The molecule has 1 aromatic rings. The van der Waals surface area contributed by atoms with Gasteiger partial charge in [0.25, 0.3) is 11.8 Å². The average molecular weight is 332 g/mol. The number of nitrogens with zero attached hydrogens (tertiary/aromatic N) is 2. The molecule has 2 fully saturated rings. The van der Waals surface area contributed by atoms with E-state index in [9.17, 15) is 19.2 Å². The van der Waals surface area contributed by atoms with Gasteiger partial charge in [0.15, 0.2) is 6.61 Å². The Labute approximate surface area is 137 Å². The summed E-state index contributed by atoms with van der Waals surface area (Å²) in [6.07, 6.45) is -0.622. The molecule has 2 aliphatic heterocycles. The summed E-state index contributed by atoms with van der Waals surface area (Å²) >= 11 is 0. The SMILES string of the molecule is COC(=O)c1ccc(C(=O)N2CC(CN3C(=O)COC3=O)C2)cc1. The normalized spacial score (nSPS) is 17.5. The van der Waals surface area contributed by atoms with Crippen LogP contribution in [-0.4, -0.2) is 67.0 Å². The average Bonchev–Trinajstić information content (AvgIpc) is 2.88. The van der Waals surface area contributed by atoms with Gasteiger partial charge in [-0.1, -0.05) is 0 Å². The van der Waals surface area contributed by atoms with E-state index in [4.69, 9.17) is 0 Å². The van der Waals surface area contributed by atoms with Crippen LogP contribution in [0, 0.1) is 5.92 Å². The molecule has 3 amide bonds. The van der Waals surface area contributed by atoms with Gasteiger partial charge in [-0.2, -0.15) is 0 Å². The van der Waals surface area contributed by atoms with E-state index in [1.54, 1.807) is 17.0 Å². The highest BCUT2D eigenvalue weighted by molar-refractivity contribution is 5.98. The Morgan fingerprint density at radius 3 is 2.33 bits per heavy atom. The number of carbonyl (C=O) groups excluding carboxylic acids is 4. The lowest BCUT2D eigenvalue weighted by molar-refractivity contribution is -0.126. The van der Waals surface area contributed by atoms with E-state index in [1.807, 2.05) is 0 Å². The van der Waals surface area contributed by atoms with E-state index in [2.05, 4.69) is 9.47 Å². The fraction of sp³-hybridized carbons (Fsp3) is 0.375. The quantitative estimate of drug-likeness (QED) is 0.747. The number of imide groups is 1. The summed E-state index contributed by atoms with van der Waals surface area (Å²) in [5, 5.41) is 0. The van der Waals surface area contributed by atoms with E-state index in [0.29, 0.717) is 24.2 Å². The summed E-state index contributed by atoms with van der Waals surface area (Å²) < 4.78 is 9.26. The second-order valence-electron chi connectivity index (χ2n) is 5.70. The molecule has 0 aliphatic carbocycles. The molecular weight excluding hydrogens is 316 g/mol. The van der Waals surface area contributed by atoms with Gasteiger partial charge in [-0.25, -0.2) is 14.5 Å². The third kappa shape index (κ3) is 2.94. The molecule has 0 N–H and O–H groups in total. The van der Waals surface area contributed by atoms with E-state index >= 15 is 0 Å². The molecule has 0 bridgehead atoms. The predicted molar refractivity (Wildman–Crippen MR) is 80.2 cm³/mol. The van der Waals surface area contributed by atoms with Crippen LogP contribution in [0.15, 0.2) is 24.3 Å². The predicted octanol–water partition coefficient (Wildman–Crippen LogP) is 0.524. The molecule has 2 heterocycles. The summed E-state index contributed by atoms with van der Waals surface area (Å²) in [4.78, 5) is 49.2. The van der Waals surface area contributed by atoms with Crippen molar-refractivity contribution in [1.82, 2.24) is 9.80 Å². The van der Waals surface area contributed by atoms with Crippen molar-refractivity contribution in [3.8, 4) is 0 Å². The highest BCUT2D eigenvalue weighted by Gasteiger charge is 2.38. The van der Waals surface area contributed by atoms with Crippen molar-refractivity contribution in [3.05, 3.63) is 35.4 Å². The molecule has 2 aliphatic rings. The molecule has 1 aromatic carbocycles. The Hall–Kier alpha value is -2.90. The van der Waals surface area contributed by atoms with Gasteiger partial charge in [-0.15, -0.1) is 0 Å². The first kappa shape index (κ1) is 16.0. The minimum absolute atomic E-state index is 0.0536. The number of esters is 1. The molecule has 0 radical (unpaired) electrons. The number of likely N-dealkylation sites (tertiary alicyclic amines) is 1. The van der Waals surface area contributed by atoms with Gasteiger partial charge in [0, 0.05) is 31.1 Å². The van der Waals surface area contributed by atoms with E-state index in [0.717, 1.165) is 4.90 Å². The fourth-order valence-corrected chi connectivity index (χ4v) is 2.72. The Morgan fingerprint density at radius 2 is 1.79 bits per heavy atom. The van der Waals surface area contributed by atoms with Crippen molar-refractivity contribution in [1.29, 1.82) is 0 Å². The monoisotopic (exact) mass is 332 g/mol. The third-order valence-electron chi connectivity index (χ3n) is 4.08. The van der Waals surface area contributed by atoms with E-state index in [1.165, 1.54) is 19.2 Å². The van der Waals surface area contributed by atoms with Crippen molar-refractivity contribution < 1.29 is 28.7 Å². The van der Waals surface area contributed by atoms with Crippen molar-refractivity contribution >= 4 is 23.9 Å². The second kappa shape index (κ2) is 6.31. The number of hydrogen-bond acceptors (Lipinski definition) is 6. The largest absolute Gasteiger partial charge is 0.465 e. The number of methoxy groups -OCH3 is 1. The maximum atomic E-state index is 12.3. The molecule has 126 valence electrons. The lowest BCUT2D eigenvalue weighted by atomic mass is 9.98. The van der Waals surface area contributed by atoms with Crippen LogP contribution in [0.2, 0.25) is 0 Å². The molecule has 2 saturated heterocycles. The van der Waals surface area contributed by atoms with Gasteiger partial charge in [0.2, 0.25) is 0 Å². The summed E-state index contributed by atoms with van der Waals surface area (Å²) in [6.45, 7) is 0.993. The van der Waals surface area contributed by atoms with Crippen LogP contribution in [0.4, 0.5) is 4.79 Å². The van der Waals surface area contributed by atoms with Crippen molar-refractivity contribution in [2.75, 3.05) is 33.4 Å². The van der Waals surface area contributed by atoms with Crippen LogP contribution in [0.1, 0.15) is 20.7 Å². The molecule has 8 nitrogen and oxygen atoms in total. The smallest absolute Gasteiger partial charge is 0.417 e. The molecular formula is C16H16N2O6. The zero-order valence-corrected chi connectivity index (χ0v) is 13.1. The van der Waals surface area contributed by atoms with Crippen LogP contribution in [0.25, 0.3) is 0 Å². The molecule has 0 unspecified atom stereocenters. The first-order chi connectivity index (χ1) is 11.5. The molecule has 0 aromatic heterocycles. The molecule has 24 heavy (non-hydrogen) atoms. The number of ether oxygens (including phenoxy) is 2. The van der Waals surface area contributed by atoms with Gasteiger partial charge in [0.05, 0.1) is 12.7 Å². The first-order valence-corrected chi connectivity index (χ1v) is 7.44. The van der Waals surface area contributed by atoms with Gasteiger partial charge in [-0.3, -0.25) is 9.59 Å². The van der Waals surface area contributed by atoms with E-state index < -0.39 is 12.1 Å². The van der Waals surface area contributed by atoms with Crippen molar-refractivity contribution in [2.45, 2.75) is 0 Å². The number of amides is 3. The number of rotatable bonds is 4. The van der Waals surface area contributed by atoms with Crippen LogP contribution >= 0.6 is 0 Å². The standard InChI is InChI=1S/C16H16N2O6/c1-23-15(21)12-4-2-11(3-5-12)14(20)17-6-10(7-17)8-18-13(19)9-24-16(18)22/h2-5,10H,6-9H2,1H3. The maximum Gasteiger partial charge on any atom is 0.417 e. The van der Waals surface area contributed by atoms with Crippen LogP contribution in [0.3, 0.4) is 0 Å². The Balaban J connectivity index is 1.54. The summed E-state index contributed by atoms with van der Waals surface area (Å²) in [5.41, 5.74) is 0.847. The third-order valence-corrected chi connectivity index (χ3v) is 4.08. The molecule has 0 spiro atoms. The van der Waals surface area contributed by atoms with Crippen LogP contribution in [-0.2, 0) is 14.3 Å². The van der Waals surface area contributed by atoms with E-state index in [-0.39, 0.29) is 30.9 Å². The minimum atomic E-state index is -0.622. The highest BCUT2D eigenvalue weighted by Crippen LogP contribution is 2.21. The van der Waals surface area contributed by atoms with Crippen LogP contribution in [0.5, 0.6) is 0 Å². The summed E-state index contributed by atoms with van der Waals surface area (Å²) in [7, 11) is 1.29. The lowest BCUT2D eigenvalue weighted by Gasteiger charge is -2.40. The number of cyclic esters (lactones) is 1. The van der Waals surface area contributed by atoms with Crippen LogP contribution < -0.4 is 0 Å². The molecule has 8 heteroatoms. The topological polar surface area (TPSA) is 93.2 Å². The Kier molecular flexibility index (Phi) is 4.20. The zero-order valence-electron chi connectivity index (χ0n) is 13.1. The van der Waals surface area contributed by atoms with Gasteiger partial charge >= 0.3 is 12.1 Å². The maximum absolute atomic E-state index is 12.3. The highest BCUT2D eigenvalue weighted by atomic mass is 16.6. The number of carbonyl (C=O) groups is 4. The van der Waals surface area contributed by atoms with Crippen molar-refractivity contribution in [2.24, 2.45) is 5.92 Å². The number of benzene rings is 1. The number of hydrogen-bond donors (Lipinski definition) is 0. The van der Waals surface area contributed by atoms with Gasteiger partial charge in [0.1, 0.15) is 0 Å². The molecule has 3 rings (SSSR count). The molecule has 0 saturated carbocycles. The first-order valence-electron chi connectivity index (χ1n) is 7.44. The summed E-state index contributed by atoms with van der Waals surface area (Å²) in [5.74, 6) is -0.903. The van der Waals surface area contributed by atoms with Gasteiger partial charge < -0.3 is 14.4 Å². The lowest BCUT2D eigenvalue weighted by Crippen LogP contribution is -2.54. The van der Waals surface area contributed by atoms with Crippen molar-refractivity contribution in [3.63, 3.8) is 0 Å². The Morgan fingerprint density at radius 1 is 1.17 bits per heavy atom. The Bertz CT molecular complexity index is 677. The fourth-order valence-electron chi connectivity index (χ4n) is 2.72. The zero-order chi connectivity index (χ0) is 17.3. The van der Waals surface area contributed by atoms with Gasteiger partial charge in [-0.05, 0) is 24.3 Å². The minimum Gasteiger partial charge on any atom is -0.465 e.